The van der Waals surface area contributed by atoms with Crippen LogP contribution < -0.4 is 0 Å². The SMILES string of the molecule is CC(C)(C)P(CCCCCB(C1CCCCC1)C1CCCCC1)C(C)(C)C. The van der Waals surface area contributed by atoms with Gasteiger partial charge in [-0.25, -0.2) is 0 Å². The maximum absolute atomic E-state index is 2.48. The van der Waals surface area contributed by atoms with Crippen molar-refractivity contribution in [3.63, 3.8) is 0 Å². The minimum Gasteiger partial charge on any atom is -0.0956 e. The Balaban J connectivity index is 1.80. The second kappa shape index (κ2) is 11.0. The highest BCUT2D eigenvalue weighted by Gasteiger charge is 2.35. The summed E-state index contributed by atoms with van der Waals surface area (Å²) in [6.07, 6.45) is 22.8. The second-order valence-electron chi connectivity index (χ2n) is 11.8. The van der Waals surface area contributed by atoms with Gasteiger partial charge in [0.05, 0.1) is 0 Å². The molecule has 0 saturated heterocycles. The molecule has 0 heterocycles. The van der Waals surface area contributed by atoms with Crippen molar-refractivity contribution >= 4 is 14.6 Å². The van der Waals surface area contributed by atoms with Crippen LogP contribution >= 0.6 is 7.92 Å². The van der Waals surface area contributed by atoms with E-state index in [0.717, 1.165) is 18.3 Å². The van der Waals surface area contributed by atoms with Crippen molar-refractivity contribution in [2.24, 2.45) is 0 Å². The first-order valence-corrected chi connectivity index (χ1v) is 14.0. The van der Waals surface area contributed by atoms with E-state index in [2.05, 4.69) is 41.5 Å². The fourth-order valence-electron chi connectivity index (χ4n) is 6.48. The Morgan fingerprint density at radius 2 is 1.07 bits per heavy atom. The van der Waals surface area contributed by atoms with Crippen LogP contribution in [0.4, 0.5) is 0 Å². The molecule has 0 aromatic rings. The molecule has 0 aromatic heterocycles. The van der Waals surface area contributed by atoms with Crippen molar-refractivity contribution in [2.45, 2.75) is 153 Å². The molecule has 0 unspecified atom stereocenters. The predicted molar refractivity (Wildman–Crippen MR) is 129 cm³/mol. The molecule has 2 saturated carbocycles. The van der Waals surface area contributed by atoms with Gasteiger partial charge >= 0.3 is 0 Å². The van der Waals surface area contributed by atoms with Crippen LogP contribution in [0.1, 0.15) is 125 Å². The van der Waals surface area contributed by atoms with Crippen molar-refractivity contribution in [3.05, 3.63) is 0 Å². The fourth-order valence-corrected chi connectivity index (χ4v) is 10.4. The third kappa shape index (κ3) is 8.03. The summed E-state index contributed by atoms with van der Waals surface area (Å²) in [6.45, 7) is 16.0. The summed E-state index contributed by atoms with van der Waals surface area (Å²) in [5, 5.41) is 1.00. The van der Waals surface area contributed by atoms with E-state index in [1.807, 2.05) is 0 Å². The molecule has 27 heavy (non-hydrogen) atoms. The van der Waals surface area contributed by atoms with Gasteiger partial charge < -0.3 is 0 Å². The first-order chi connectivity index (χ1) is 12.7. The van der Waals surface area contributed by atoms with Crippen LogP contribution in [0, 0.1) is 0 Å². The molecule has 158 valence electrons. The molecule has 0 nitrogen and oxygen atoms in total. The Labute approximate surface area is 174 Å². The molecule has 0 aliphatic heterocycles. The second-order valence-corrected chi connectivity index (χ2v) is 15.8. The molecule has 2 fully saturated rings. The van der Waals surface area contributed by atoms with Gasteiger partial charge in [-0.3, -0.25) is 0 Å². The van der Waals surface area contributed by atoms with Gasteiger partial charge in [0.15, 0.2) is 0 Å². The zero-order chi connectivity index (χ0) is 19.9. The summed E-state index contributed by atoms with van der Waals surface area (Å²) >= 11 is 0. The number of rotatable bonds is 8. The average molecular weight is 392 g/mol. The normalized spacial score (nSPS) is 21.0. The van der Waals surface area contributed by atoms with Gasteiger partial charge in [-0.15, -0.1) is 0 Å². The lowest BCUT2D eigenvalue weighted by Gasteiger charge is -2.41. The van der Waals surface area contributed by atoms with Crippen LogP contribution in [-0.2, 0) is 0 Å². The van der Waals surface area contributed by atoms with E-state index >= 15 is 0 Å². The summed E-state index contributed by atoms with van der Waals surface area (Å²) in [7, 11) is 0.101. The lowest BCUT2D eigenvalue weighted by Crippen LogP contribution is -2.30. The lowest BCUT2D eigenvalue weighted by atomic mass is 9.28. The van der Waals surface area contributed by atoms with Gasteiger partial charge in [-0.2, -0.15) is 0 Å². The van der Waals surface area contributed by atoms with E-state index < -0.39 is 0 Å². The van der Waals surface area contributed by atoms with Gasteiger partial charge in [-0.05, 0) is 22.9 Å². The van der Waals surface area contributed by atoms with Gasteiger partial charge in [0.2, 0.25) is 0 Å². The summed E-state index contributed by atoms with van der Waals surface area (Å²) < 4.78 is 0. The Bertz CT molecular complexity index is 362. The molecule has 0 spiro atoms. The van der Waals surface area contributed by atoms with E-state index in [1.54, 1.807) is 32.0 Å². The summed E-state index contributed by atoms with van der Waals surface area (Å²) in [6, 6.07) is 0. The highest BCUT2D eigenvalue weighted by atomic mass is 31.1. The number of unbranched alkanes of at least 4 members (excludes halogenated alkanes) is 2. The smallest absolute Gasteiger partial charge is 0.0956 e. The van der Waals surface area contributed by atoms with Gasteiger partial charge in [0.25, 0.3) is 0 Å². The van der Waals surface area contributed by atoms with Crippen LogP contribution in [-0.4, -0.2) is 23.2 Å². The van der Waals surface area contributed by atoms with Crippen molar-refractivity contribution in [3.8, 4) is 0 Å². The molecule has 0 N–H and O–H groups in total. The molecule has 2 rings (SSSR count). The predicted octanol–water partition coefficient (Wildman–Crippen LogP) is 9.40. The molecular weight excluding hydrogens is 342 g/mol. The maximum Gasteiger partial charge on any atom is 0.146 e. The van der Waals surface area contributed by atoms with Crippen LogP contribution in [0.15, 0.2) is 0 Å². The topological polar surface area (TPSA) is 0 Å². The highest BCUT2D eigenvalue weighted by molar-refractivity contribution is 7.60. The maximum atomic E-state index is 2.48. The third-order valence-corrected chi connectivity index (χ3v) is 11.6. The van der Waals surface area contributed by atoms with Crippen LogP contribution in [0.3, 0.4) is 0 Å². The quantitative estimate of drug-likeness (QED) is 0.219. The molecule has 0 atom stereocenters. The Hall–Kier alpha value is 0.495. The first kappa shape index (κ1) is 23.8. The summed E-state index contributed by atoms with van der Waals surface area (Å²) in [4.78, 5) is 0. The molecule has 0 bridgehead atoms. The van der Waals surface area contributed by atoms with E-state index in [-0.39, 0.29) is 7.92 Å². The molecule has 0 radical (unpaired) electrons. The molecule has 2 aliphatic carbocycles. The minimum atomic E-state index is 0.101. The molecule has 0 amide bonds. The zero-order valence-electron chi connectivity index (χ0n) is 19.8. The van der Waals surface area contributed by atoms with Crippen LogP contribution in [0.25, 0.3) is 0 Å². The highest BCUT2D eigenvalue weighted by Crippen LogP contribution is 2.59. The third-order valence-electron chi connectivity index (χ3n) is 7.55. The van der Waals surface area contributed by atoms with E-state index in [1.165, 1.54) is 63.9 Å². The monoisotopic (exact) mass is 392 g/mol. The molecule has 2 aliphatic rings. The Morgan fingerprint density at radius 3 is 1.48 bits per heavy atom. The standard InChI is InChI=1S/C25H50BP/c1-24(2,3)27(25(4,5)6)21-15-9-14-20-26(22-16-10-7-11-17-22)23-18-12-8-13-19-23/h22-23H,7-21H2,1-6H3. The largest absolute Gasteiger partial charge is 0.146 e. The van der Waals surface area contributed by atoms with Crippen LogP contribution in [0.5, 0.6) is 0 Å². The molecular formula is C25H50BP. The summed E-state index contributed by atoms with van der Waals surface area (Å²) in [5.41, 5.74) is 0. The van der Waals surface area contributed by atoms with E-state index in [0.29, 0.717) is 10.3 Å². The zero-order valence-corrected chi connectivity index (χ0v) is 20.7. The summed E-state index contributed by atoms with van der Waals surface area (Å²) in [5.74, 6) is 2.17. The average Bonchev–Trinajstić information content (AvgIpc) is 2.60. The number of hydrogen-bond donors (Lipinski definition) is 0. The first-order valence-electron chi connectivity index (χ1n) is 12.5. The van der Waals surface area contributed by atoms with Gasteiger partial charge in [0, 0.05) is 0 Å². The molecule has 2 heteroatoms. The van der Waals surface area contributed by atoms with Crippen molar-refractivity contribution in [1.29, 1.82) is 0 Å². The van der Waals surface area contributed by atoms with Gasteiger partial charge in [-0.1, -0.05) is 144 Å². The van der Waals surface area contributed by atoms with Crippen molar-refractivity contribution in [1.82, 2.24) is 0 Å². The van der Waals surface area contributed by atoms with Gasteiger partial charge in [0.1, 0.15) is 6.71 Å². The van der Waals surface area contributed by atoms with Crippen LogP contribution in [0.2, 0.25) is 18.0 Å². The molecule has 0 aromatic carbocycles. The Morgan fingerprint density at radius 1 is 0.630 bits per heavy atom. The lowest BCUT2D eigenvalue weighted by molar-refractivity contribution is 0.459. The Kier molecular flexibility index (Phi) is 9.72. The van der Waals surface area contributed by atoms with E-state index in [9.17, 15) is 0 Å². The van der Waals surface area contributed by atoms with Crippen molar-refractivity contribution < 1.29 is 0 Å². The van der Waals surface area contributed by atoms with E-state index in [4.69, 9.17) is 0 Å². The minimum absolute atomic E-state index is 0.101. The fraction of sp³-hybridized carbons (Fsp3) is 1.00. The van der Waals surface area contributed by atoms with Crippen molar-refractivity contribution in [2.75, 3.05) is 6.16 Å². The number of hydrogen-bond acceptors (Lipinski definition) is 0.